The van der Waals surface area contributed by atoms with Crippen LogP contribution in [0.4, 0.5) is 0 Å². The maximum Gasteiger partial charge on any atom is 0.223 e. The Kier molecular flexibility index (Phi) is 5.13. The second-order valence-electron chi connectivity index (χ2n) is 7.25. The minimum absolute atomic E-state index is 0.00786. The minimum atomic E-state index is 0.00786. The van der Waals surface area contributed by atoms with E-state index in [-0.39, 0.29) is 24.2 Å². The quantitative estimate of drug-likeness (QED) is 0.772. The van der Waals surface area contributed by atoms with Gasteiger partial charge < -0.3 is 14.4 Å². The Morgan fingerprint density at radius 2 is 2.32 bits per heavy atom. The van der Waals surface area contributed by atoms with Crippen LogP contribution >= 0.6 is 0 Å². The van der Waals surface area contributed by atoms with Crippen LogP contribution in [0.15, 0.2) is 36.7 Å². The fraction of sp³-hybridized carbons (Fsp3) is 0.600. The monoisotopic (exact) mass is 342 g/mol. The van der Waals surface area contributed by atoms with Gasteiger partial charge >= 0.3 is 0 Å². The van der Waals surface area contributed by atoms with E-state index in [2.05, 4.69) is 22.0 Å². The number of ether oxygens (including phenoxy) is 2. The van der Waals surface area contributed by atoms with Crippen molar-refractivity contribution >= 4 is 5.91 Å². The lowest BCUT2D eigenvalue weighted by Crippen LogP contribution is -2.54. The molecule has 4 atom stereocenters. The molecular weight excluding hydrogens is 316 g/mol. The molecule has 1 aromatic rings. The van der Waals surface area contributed by atoms with E-state index in [4.69, 9.17) is 9.47 Å². The SMILES string of the molecule is O=C(C[C@@H]1C=CCC1)N1CCO[C@H]2[C@@H](OCc3cccnc3)CC[C@@H]21. The summed E-state index contributed by atoms with van der Waals surface area (Å²) in [5, 5.41) is 0. The number of hydrogen-bond acceptors (Lipinski definition) is 4. The van der Waals surface area contributed by atoms with Crippen molar-refractivity contribution in [3.8, 4) is 0 Å². The topological polar surface area (TPSA) is 51.7 Å². The molecule has 5 heteroatoms. The molecule has 3 aliphatic rings. The van der Waals surface area contributed by atoms with Gasteiger partial charge in [0.25, 0.3) is 0 Å². The zero-order chi connectivity index (χ0) is 17.1. The summed E-state index contributed by atoms with van der Waals surface area (Å²) in [5.74, 6) is 0.704. The molecule has 0 aromatic carbocycles. The predicted molar refractivity (Wildman–Crippen MR) is 93.8 cm³/mol. The number of pyridine rings is 1. The van der Waals surface area contributed by atoms with Gasteiger partial charge in [0.15, 0.2) is 0 Å². The van der Waals surface area contributed by atoms with Gasteiger partial charge in [-0.05, 0) is 43.2 Å². The number of carbonyl (C=O) groups excluding carboxylic acids is 1. The van der Waals surface area contributed by atoms with E-state index in [9.17, 15) is 4.79 Å². The van der Waals surface area contributed by atoms with Crippen LogP contribution in [-0.4, -0.2) is 47.2 Å². The van der Waals surface area contributed by atoms with Gasteiger partial charge in [-0.15, -0.1) is 0 Å². The number of carbonyl (C=O) groups is 1. The molecular formula is C20H26N2O3. The van der Waals surface area contributed by atoms with E-state index in [1.165, 1.54) is 0 Å². The molecule has 1 saturated carbocycles. The van der Waals surface area contributed by atoms with Crippen LogP contribution < -0.4 is 0 Å². The van der Waals surface area contributed by atoms with Crippen LogP contribution in [0.5, 0.6) is 0 Å². The molecule has 1 aromatic heterocycles. The standard InChI is InChI=1S/C20H26N2O3/c23-19(12-15-4-1-2-5-15)22-10-11-24-20-17(22)7-8-18(20)25-14-16-6-3-9-21-13-16/h1,3-4,6,9,13,15,17-18,20H,2,5,7-8,10-12,14H2/t15-,17+,18+,20-/m1/s1. The molecule has 0 radical (unpaired) electrons. The molecule has 4 rings (SSSR count). The van der Waals surface area contributed by atoms with E-state index in [1.807, 2.05) is 18.3 Å². The maximum absolute atomic E-state index is 12.8. The van der Waals surface area contributed by atoms with Gasteiger partial charge in [-0.2, -0.15) is 0 Å². The van der Waals surface area contributed by atoms with Gasteiger partial charge in [-0.25, -0.2) is 0 Å². The van der Waals surface area contributed by atoms with Crippen molar-refractivity contribution in [3.63, 3.8) is 0 Å². The highest BCUT2D eigenvalue weighted by molar-refractivity contribution is 5.77. The fourth-order valence-corrected chi connectivity index (χ4v) is 4.30. The summed E-state index contributed by atoms with van der Waals surface area (Å²) in [6.07, 6.45) is 12.8. The number of rotatable bonds is 5. The number of allylic oxidation sites excluding steroid dienone is 2. The van der Waals surface area contributed by atoms with Crippen molar-refractivity contribution in [2.75, 3.05) is 13.2 Å². The summed E-state index contributed by atoms with van der Waals surface area (Å²) in [6, 6.07) is 4.11. The van der Waals surface area contributed by atoms with Gasteiger partial charge in [0.1, 0.15) is 6.10 Å². The van der Waals surface area contributed by atoms with Crippen LogP contribution in [-0.2, 0) is 20.9 Å². The molecule has 0 bridgehead atoms. The molecule has 2 fully saturated rings. The van der Waals surface area contributed by atoms with Crippen molar-refractivity contribution in [1.29, 1.82) is 0 Å². The largest absolute Gasteiger partial charge is 0.372 e. The van der Waals surface area contributed by atoms with E-state index in [0.29, 0.717) is 32.1 Å². The molecule has 2 aliphatic carbocycles. The summed E-state index contributed by atoms with van der Waals surface area (Å²) in [4.78, 5) is 19.0. The fourth-order valence-electron chi connectivity index (χ4n) is 4.30. The highest BCUT2D eigenvalue weighted by Crippen LogP contribution is 2.34. The molecule has 2 heterocycles. The van der Waals surface area contributed by atoms with Gasteiger partial charge in [0, 0.05) is 25.4 Å². The molecule has 25 heavy (non-hydrogen) atoms. The van der Waals surface area contributed by atoms with Crippen LogP contribution in [0, 0.1) is 5.92 Å². The lowest BCUT2D eigenvalue weighted by Gasteiger charge is -2.39. The van der Waals surface area contributed by atoms with E-state index >= 15 is 0 Å². The van der Waals surface area contributed by atoms with Crippen LogP contribution in [0.3, 0.4) is 0 Å². The zero-order valence-electron chi connectivity index (χ0n) is 14.5. The molecule has 1 saturated heterocycles. The molecule has 134 valence electrons. The van der Waals surface area contributed by atoms with Crippen molar-refractivity contribution in [1.82, 2.24) is 9.88 Å². The lowest BCUT2D eigenvalue weighted by atomic mass is 10.0. The second kappa shape index (κ2) is 7.67. The number of fused-ring (bicyclic) bond motifs is 1. The van der Waals surface area contributed by atoms with Gasteiger partial charge in [-0.3, -0.25) is 9.78 Å². The van der Waals surface area contributed by atoms with Gasteiger partial charge in [0.05, 0.1) is 25.4 Å². The molecule has 0 spiro atoms. The van der Waals surface area contributed by atoms with Gasteiger partial charge in [-0.1, -0.05) is 18.2 Å². The summed E-state index contributed by atoms with van der Waals surface area (Å²) in [7, 11) is 0. The number of hydrogen-bond donors (Lipinski definition) is 0. The zero-order valence-corrected chi connectivity index (χ0v) is 14.5. The van der Waals surface area contributed by atoms with Crippen molar-refractivity contribution in [2.24, 2.45) is 5.92 Å². The Bertz CT molecular complexity index is 619. The van der Waals surface area contributed by atoms with Gasteiger partial charge in [0.2, 0.25) is 5.91 Å². The Morgan fingerprint density at radius 1 is 1.36 bits per heavy atom. The molecule has 0 N–H and O–H groups in total. The van der Waals surface area contributed by atoms with Crippen LogP contribution in [0.2, 0.25) is 0 Å². The highest BCUT2D eigenvalue weighted by atomic mass is 16.5. The van der Waals surface area contributed by atoms with Crippen molar-refractivity contribution in [3.05, 3.63) is 42.2 Å². The minimum Gasteiger partial charge on any atom is -0.372 e. The third kappa shape index (κ3) is 3.77. The number of nitrogens with zero attached hydrogens (tertiary/aromatic N) is 2. The number of aromatic nitrogens is 1. The normalized spacial score (nSPS) is 31.3. The second-order valence-corrected chi connectivity index (χ2v) is 7.25. The first-order valence-electron chi connectivity index (χ1n) is 9.39. The maximum atomic E-state index is 12.8. The third-order valence-electron chi connectivity index (χ3n) is 5.59. The third-order valence-corrected chi connectivity index (χ3v) is 5.59. The summed E-state index contributed by atoms with van der Waals surface area (Å²) >= 11 is 0. The van der Waals surface area contributed by atoms with Crippen molar-refractivity contribution in [2.45, 2.75) is 57.0 Å². The number of morpholine rings is 1. The first-order chi connectivity index (χ1) is 12.3. The lowest BCUT2D eigenvalue weighted by molar-refractivity contribution is -0.152. The molecule has 0 unspecified atom stereocenters. The predicted octanol–water partition coefficient (Wildman–Crippen LogP) is 2.71. The average molecular weight is 342 g/mol. The molecule has 1 aliphatic heterocycles. The Labute approximate surface area is 149 Å². The van der Waals surface area contributed by atoms with Crippen LogP contribution in [0.25, 0.3) is 0 Å². The Morgan fingerprint density at radius 3 is 3.12 bits per heavy atom. The van der Waals surface area contributed by atoms with E-state index in [0.717, 1.165) is 31.2 Å². The van der Waals surface area contributed by atoms with E-state index < -0.39 is 0 Å². The first-order valence-corrected chi connectivity index (χ1v) is 9.39. The highest BCUT2D eigenvalue weighted by Gasteiger charge is 2.45. The summed E-state index contributed by atoms with van der Waals surface area (Å²) < 4.78 is 12.1. The number of amides is 1. The average Bonchev–Trinajstić information content (AvgIpc) is 3.30. The molecule has 1 amide bonds. The summed E-state index contributed by atoms with van der Waals surface area (Å²) in [5.41, 5.74) is 1.07. The van der Waals surface area contributed by atoms with Crippen LogP contribution in [0.1, 0.15) is 37.7 Å². The smallest absolute Gasteiger partial charge is 0.223 e. The molecule has 5 nitrogen and oxygen atoms in total. The Hall–Kier alpha value is -1.72. The Balaban J connectivity index is 1.35. The summed E-state index contributed by atoms with van der Waals surface area (Å²) in [6.45, 7) is 1.87. The van der Waals surface area contributed by atoms with Crippen molar-refractivity contribution < 1.29 is 14.3 Å². The van der Waals surface area contributed by atoms with E-state index in [1.54, 1.807) is 6.20 Å². The first kappa shape index (κ1) is 16.7.